The molecule has 1 spiro atoms. The van der Waals surface area contributed by atoms with Crippen molar-refractivity contribution in [3.63, 3.8) is 0 Å². The molecule has 0 aromatic carbocycles. The van der Waals surface area contributed by atoms with Crippen molar-refractivity contribution < 1.29 is 14.3 Å². The van der Waals surface area contributed by atoms with Crippen LogP contribution in [0.5, 0.6) is 0 Å². The molecular weight excluding hydrogens is 356 g/mol. The smallest absolute Gasteiger partial charge is 0.269 e. The predicted molar refractivity (Wildman–Crippen MR) is 105 cm³/mol. The molecule has 3 fully saturated rings. The molecule has 0 radical (unpaired) electrons. The lowest BCUT2D eigenvalue weighted by atomic mass is 9.59. The van der Waals surface area contributed by atoms with Gasteiger partial charge in [-0.2, -0.15) is 5.10 Å². The molecule has 2 amide bonds. The van der Waals surface area contributed by atoms with E-state index in [2.05, 4.69) is 29.6 Å². The van der Waals surface area contributed by atoms with Crippen LogP contribution < -0.4 is 10.6 Å². The van der Waals surface area contributed by atoms with Crippen molar-refractivity contribution in [2.45, 2.75) is 58.6 Å². The van der Waals surface area contributed by atoms with Crippen LogP contribution in [0.4, 0.5) is 0 Å². The van der Waals surface area contributed by atoms with Crippen molar-refractivity contribution in [3.8, 4) is 0 Å². The molecule has 1 saturated heterocycles. The van der Waals surface area contributed by atoms with E-state index in [4.69, 9.17) is 4.74 Å². The zero-order valence-corrected chi connectivity index (χ0v) is 17.3. The molecule has 5 atom stereocenters. The topological polar surface area (TPSA) is 85.3 Å². The number of hydrogen-bond donors (Lipinski definition) is 2. The summed E-state index contributed by atoms with van der Waals surface area (Å²) in [6.45, 7) is 7.55. The molecule has 2 bridgehead atoms. The number of rotatable bonds is 5. The fourth-order valence-corrected chi connectivity index (χ4v) is 6.41. The number of ether oxygens (including phenoxy) is 1. The van der Waals surface area contributed by atoms with Crippen molar-refractivity contribution in [2.75, 3.05) is 13.2 Å². The van der Waals surface area contributed by atoms with Gasteiger partial charge in [-0.1, -0.05) is 13.8 Å². The summed E-state index contributed by atoms with van der Waals surface area (Å²) in [5, 5.41) is 10.4. The third-order valence-electron chi connectivity index (χ3n) is 7.74. The molecule has 1 unspecified atom stereocenters. The van der Waals surface area contributed by atoms with Crippen LogP contribution in [0.15, 0.2) is 12.3 Å². The monoisotopic (exact) mass is 388 g/mol. The van der Waals surface area contributed by atoms with E-state index in [1.54, 1.807) is 30.9 Å². The highest BCUT2D eigenvalue weighted by molar-refractivity contribution is 5.92. The number of aromatic nitrogens is 2. The fourth-order valence-electron chi connectivity index (χ4n) is 6.41. The Morgan fingerprint density at radius 2 is 2.18 bits per heavy atom. The average Bonchev–Trinajstić information content (AvgIpc) is 3.28. The Morgan fingerprint density at radius 1 is 1.39 bits per heavy atom. The van der Waals surface area contributed by atoms with Gasteiger partial charge in [0.25, 0.3) is 5.91 Å². The molecule has 2 N–H and O–H groups in total. The number of amides is 2. The van der Waals surface area contributed by atoms with Gasteiger partial charge in [0.05, 0.1) is 6.10 Å². The van der Waals surface area contributed by atoms with Crippen LogP contribution in [0, 0.1) is 22.7 Å². The lowest BCUT2D eigenvalue weighted by molar-refractivity contribution is -0.135. The molecule has 7 heteroatoms. The first-order chi connectivity index (χ1) is 13.3. The normalized spacial score (nSPS) is 35.4. The lowest BCUT2D eigenvalue weighted by Gasteiger charge is -2.53. The molecule has 1 aromatic rings. The molecule has 2 saturated carbocycles. The van der Waals surface area contributed by atoms with Gasteiger partial charge in [0.1, 0.15) is 5.69 Å². The standard InChI is InChI=1S/C21H32N4O3/c1-13(26)24-19-20(2,3)14-11-15-17(28-10-7-21(15,19)12-14)6-8-22-18(27)16-5-9-23-25(16)4/h5,9,14-15,17,19H,6-8,10-12H2,1-4H3,(H,22,27)(H,24,26)/t14-,15-,17-,19+,21?/m1/s1. The largest absolute Gasteiger partial charge is 0.378 e. The van der Waals surface area contributed by atoms with Gasteiger partial charge in [-0.3, -0.25) is 14.3 Å². The molecule has 4 rings (SSSR count). The minimum absolute atomic E-state index is 0.0604. The maximum absolute atomic E-state index is 12.3. The summed E-state index contributed by atoms with van der Waals surface area (Å²) >= 11 is 0. The van der Waals surface area contributed by atoms with Crippen molar-refractivity contribution >= 4 is 11.8 Å². The van der Waals surface area contributed by atoms with E-state index < -0.39 is 0 Å². The van der Waals surface area contributed by atoms with E-state index in [1.165, 1.54) is 6.42 Å². The Morgan fingerprint density at radius 3 is 2.86 bits per heavy atom. The van der Waals surface area contributed by atoms with Crippen LogP contribution in [0.3, 0.4) is 0 Å². The quantitative estimate of drug-likeness (QED) is 0.807. The Balaban J connectivity index is 1.43. The molecule has 2 heterocycles. The maximum Gasteiger partial charge on any atom is 0.269 e. The molecule has 154 valence electrons. The Bertz CT molecular complexity index is 773. The highest BCUT2D eigenvalue weighted by Gasteiger charge is 2.68. The van der Waals surface area contributed by atoms with E-state index in [1.807, 2.05) is 0 Å². The van der Waals surface area contributed by atoms with Gasteiger partial charge in [-0.15, -0.1) is 0 Å². The van der Waals surface area contributed by atoms with Crippen LogP contribution in [0.1, 0.15) is 56.9 Å². The summed E-state index contributed by atoms with van der Waals surface area (Å²) < 4.78 is 7.76. The van der Waals surface area contributed by atoms with Crippen molar-refractivity contribution in [2.24, 2.45) is 29.7 Å². The highest BCUT2D eigenvalue weighted by atomic mass is 16.5. The summed E-state index contributed by atoms with van der Waals surface area (Å²) in [7, 11) is 1.77. The predicted octanol–water partition coefficient (Wildman–Crippen LogP) is 1.89. The first-order valence-corrected chi connectivity index (χ1v) is 10.4. The van der Waals surface area contributed by atoms with Crippen LogP contribution in [0.2, 0.25) is 0 Å². The minimum atomic E-state index is -0.101. The lowest BCUT2D eigenvalue weighted by Crippen LogP contribution is -2.60. The second-order valence-corrected chi connectivity index (χ2v) is 9.48. The van der Waals surface area contributed by atoms with Crippen LogP contribution in [0.25, 0.3) is 0 Å². The average molecular weight is 389 g/mol. The van der Waals surface area contributed by atoms with E-state index in [9.17, 15) is 9.59 Å². The van der Waals surface area contributed by atoms with Crippen molar-refractivity contribution in [1.29, 1.82) is 0 Å². The van der Waals surface area contributed by atoms with Crippen LogP contribution >= 0.6 is 0 Å². The van der Waals surface area contributed by atoms with E-state index in [0.717, 1.165) is 25.9 Å². The van der Waals surface area contributed by atoms with Gasteiger partial charge >= 0.3 is 0 Å². The molecule has 1 aromatic heterocycles. The number of carbonyl (C=O) groups is 2. The fraction of sp³-hybridized carbons (Fsp3) is 0.762. The van der Waals surface area contributed by atoms with Gasteiger partial charge in [0.15, 0.2) is 0 Å². The number of fused-ring (bicyclic) bond motifs is 1. The Kier molecular flexibility index (Phi) is 4.76. The van der Waals surface area contributed by atoms with Crippen molar-refractivity contribution in [3.05, 3.63) is 18.0 Å². The summed E-state index contributed by atoms with van der Waals surface area (Å²) in [5.41, 5.74) is 0.820. The van der Waals surface area contributed by atoms with Crippen LogP contribution in [-0.4, -0.2) is 46.9 Å². The number of hydrogen-bond acceptors (Lipinski definition) is 4. The van der Waals surface area contributed by atoms with Gasteiger partial charge in [-0.05, 0) is 54.4 Å². The summed E-state index contributed by atoms with van der Waals surface area (Å²) in [5.74, 6) is 1.02. The third-order valence-corrected chi connectivity index (χ3v) is 7.74. The first-order valence-electron chi connectivity index (χ1n) is 10.4. The summed E-state index contributed by atoms with van der Waals surface area (Å²) in [6, 6.07) is 1.92. The number of nitrogens with one attached hydrogen (secondary N) is 2. The number of carbonyl (C=O) groups excluding carboxylic acids is 2. The second-order valence-electron chi connectivity index (χ2n) is 9.48. The minimum Gasteiger partial charge on any atom is -0.378 e. The zero-order chi connectivity index (χ0) is 20.1. The molecule has 1 aliphatic heterocycles. The van der Waals surface area contributed by atoms with Crippen LogP contribution in [-0.2, 0) is 16.6 Å². The van der Waals surface area contributed by atoms with E-state index in [-0.39, 0.29) is 34.8 Å². The van der Waals surface area contributed by atoms with Gasteiger partial charge in [0, 0.05) is 39.4 Å². The third kappa shape index (κ3) is 2.95. The first kappa shape index (κ1) is 19.4. The van der Waals surface area contributed by atoms with Gasteiger partial charge in [0.2, 0.25) is 5.91 Å². The van der Waals surface area contributed by atoms with Gasteiger partial charge in [-0.25, -0.2) is 0 Å². The maximum atomic E-state index is 12.3. The Hall–Kier alpha value is -1.89. The summed E-state index contributed by atoms with van der Waals surface area (Å²) in [6.07, 6.45) is 5.91. The van der Waals surface area contributed by atoms with Gasteiger partial charge < -0.3 is 15.4 Å². The Labute approximate surface area is 166 Å². The molecule has 7 nitrogen and oxygen atoms in total. The molecule has 3 aliphatic rings. The highest BCUT2D eigenvalue weighted by Crippen LogP contribution is 2.68. The molecular formula is C21H32N4O3. The number of nitrogens with zero attached hydrogens (tertiary/aromatic N) is 2. The zero-order valence-electron chi connectivity index (χ0n) is 17.3. The van der Waals surface area contributed by atoms with E-state index in [0.29, 0.717) is 24.1 Å². The molecule has 28 heavy (non-hydrogen) atoms. The molecule has 2 aliphatic carbocycles. The van der Waals surface area contributed by atoms with E-state index >= 15 is 0 Å². The summed E-state index contributed by atoms with van der Waals surface area (Å²) in [4.78, 5) is 24.2. The SMILES string of the molecule is CC(=O)N[C@H]1C(C)(C)[C@@H]2C[C@@H]3[C@@H](CCNC(=O)c4ccnn4C)OCCC31C2. The number of aryl methyl sites for hydroxylation is 1. The van der Waals surface area contributed by atoms with Crippen molar-refractivity contribution in [1.82, 2.24) is 20.4 Å². The second kappa shape index (κ2) is 6.87.